The van der Waals surface area contributed by atoms with Crippen molar-refractivity contribution in [2.24, 2.45) is 5.92 Å². The van der Waals surface area contributed by atoms with Gasteiger partial charge < -0.3 is 5.32 Å². The minimum Gasteiger partial charge on any atom is -0.381 e. The average Bonchev–Trinajstić information content (AvgIpc) is 2.39. The van der Waals surface area contributed by atoms with Gasteiger partial charge in [-0.3, -0.25) is 0 Å². The van der Waals surface area contributed by atoms with Crippen LogP contribution in [-0.2, 0) is 9.84 Å². The molecule has 1 fully saturated rings. The van der Waals surface area contributed by atoms with Crippen LogP contribution in [0.4, 0.5) is 5.69 Å². The van der Waals surface area contributed by atoms with Crippen LogP contribution in [0.25, 0.3) is 0 Å². The lowest BCUT2D eigenvalue weighted by molar-refractivity contribution is 0.389. The molecule has 1 aliphatic rings. The molecule has 0 aromatic heterocycles. The summed E-state index contributed by atoms with van der Waals surface area (Å²) >= 11 is 0. The topological polar surface area (TPSA) is 70.0 Å². The number of nitrogens with one attached hydrogen (secondary N) is 1. The van der Waals surface area contributed by atoms with Crippen molar-refractivity contribution in [2.45, 2.75) is 36.6 Å². The highest BCUT2D eigenvalue weighted by Gasteiger charge is 2.24. The summed E-state index contributed by atoms with van der Waals surface area (Å²) in [4.78, 5) is 0.318. The molecule has 0 bridgehead atoms. The SMILES string of the molecule is CS(=O)(=O)c1ccc(NC2CCCCC2C#N)cc1. The second-order valence-corrected chi connectivity index (χ2v) is 7.08. The van der Waals surface area contributed by atoms with E-state index >= 15 is 0 Å². The summed E-state index contributed by atoms with van der Waals surface area (Å²) in [5.74, 6) is 0.0448. The predicted molar refractivity (Wildman–Crippen MR) is 74.5 cm³/mol. The fourth-order valence-corrected chi connectivity index (χ4v) is 3.10. The molecule has 1 aliphatic carbocycles. The first-order chi connectivity index (χ1) is 9.00. The number of benzene rings is 1. The summed E-state index contributed by atoms with van der Waals surface area (Å²) in [6.07, 6.45) is 5.38. The Balaban J connectivity index is 2.09. The zero-order chi connectivity index (χ0) is 13.9. The first kappa shape index (κ1) is 13.9. The smallest absolute Gasteiger partial charge is 0.175 e. The predicted octanol–water partition coefficient (Wildman–Crippen LogP) is 2.58. The number of sulfone groups is 1. The number of anilines is 1. The van der Waals surface area contributed by atoms with Gasteiger partial charge in [0.25, 0.3) is 0 Å². The minimum absolute atomic E-state index is 0.0448. The zero-order valence-electron chi connectivity index (χ0n) is 11.0. The fraction of sp³-hybridized carbons (Fsp3) is 0.500. The van der Waals surface area contributed by atoms with Gasteiger partial charge in [0.2, 0.25) is 0 Å². The monoisotopic (exact) mass is 278 g/mol. The Morgan fingerprint density at radius 2 is 1.84 bits per heavy atom. The summed E-state index contributed by atoms with van der Waals surface area (Å²) in [7, 11) is -3.15. The zero-order valence-corrected chi connectivity index (χ0v) is 11.8. The number of hydrogen-bond acceptors (Lipinski definition) is 4. The van der Waals surface area contributed by atoms with Crippen LogP contribution < -0.4 is 5.32 Å². The molecular formula is C14H18N2O2S. The van der Waals surface area contributed by atoms with Gasteiger partial charge in [-0.2, -0.15) is 5.26 Å². The lowest BCUT2D eigenvalue weighted by Gasteiger charge is -2.28. The number of hydrogen-bond donors (Lipinski definition) is 1. The molecule has 2 atom stereocenters. The van der Waals surface area contributed by atoms with Crippen LogP contribution in [0.1, 0.15) is 25.7 Å². The summed E-state index contributed by atoms with van der Waals surface area (Å²) in [5.41, 5.74) is 0.875. The van der Waals surface area contributed by atoms with Gasteiger partial charge >= 0.3 is 0 Å². The van der Waals surface area contributed by atoms with Crippen molar-refractivity contribution < 1.29 is 8.42 Å². The Morgan fingerprint density at radius 3 is 2.42 bits per heavy atom. The molecule has 1 aromatic rings. The van der Waals surface area contributed by atoms with E-state index in [1.165, 1.54) is 6.26 Å². The van der Waals surface area contributed by atoms with E-state index in [1.54, 1.807) is 24.3 Å². The van der Waals surface area contributed by atoms with Crippen molar-refractivity contribution in [1.29, 1.82) is 5.26 Å². The van der Waals surface area contributed by atoms with Gasteiger partial charge in [-0.25, -0.2) is 8.42 Å². The van der Waals surface area contributed by atoms with Crippen molar-refractivity contribution in [1.82, 2.24) is 0 Å². The van der Waals surface area contributed by atoms with E-state index in [2.05, 4.69) is 11.4 Å². The molecule has 0 saturated heterocycles. The van der Waals surface area contributed by atoms with Crippen LogP contribution in [0, 0.1) is 17.2 Å². The lowest BCUT2D eigenvalue weighted by Crippen LogP contribution is -2.31. The van der Waals surface area contributed by atoms with Crippen molar-refractivity contribution in [3.63, 3.8) is 0 Å². The Morgan fingerprint density at radius 1 is 1.21 bits per heavy atom. The highest BCUT2D eigenvalue weighted by molar-refractivity contribution is 7.90. The minimum atomic E-state index is -3.15. The second-order valence-electron chi connectivity index (χ2n) is 5.07. The Hall–Kier alpha value is -1.54. The van der Waals surface area contributed by atoms with Gasteiger partial charge in [0.1, 0.15) is 0 Å². The Kier molecular flexibility index (Phi) is 4.11. The molecule has 4 nitrogen and oxygen atoms in total. The van der Waals surface area contributed by atoms with Gasteiger partial charge in [-0.05, 0) is 37.1 Å². The molecule has 102 valence electrons. The van der Waals surface area contributed by atoms with E-state index in [0.717, 1.165) is 31.4 Å². The van der Waals surface area contributed by atoms with E-state index in [9.17, 15) is 8.42 Å². The van der Waals surface area contributed by atoms with Gasteiger partial charge in [0, 0.05) is 18.0 Å². The van der Waals surface area contributed by atoms with E-state index in [-0.39, 0.29) is 12.0 Å². The average molecular weight is 278 g/mol. The summed E-state index contributed by atoms with van der Waals surface area (Å²) in [5, 5.41) is 12.5. The quantitative estimate of drug-likeness (QED) is 0.922. The number of rotatable bonds is 3. The molecule has 0 radical (unpaired) electrons. The lowest BCUT2D eigenvalue weighted by atomic mass is 9.85. The molecule has 19 heavy (non-hydrogen) atoms. The number of nitrogens with zero attached hydrogens (tertiary/aromatic N) is 1. The van der Waals surface area contributed by atoms with Crippen LogP contribution in [0.3, 0.4) is 0 Å². The first-order valence-electron chi connectivity index (χ1n) is 6.47. The van der Waals surface area contributed by atoms with Gasteiger partial charge in [0.05, 0.1) is 16.9 Å². The molecule has 5 heteroatoms. The van der Waals surface area contributed by atoms with E-state index < -0.39 is 9.84 Å². The van der Waals surface area contributed by atoms with Crippen LogP contribution in [0.5, 0.6) is 0 Å². The largest absolute Gasteiger partial charge is 0.381 e. The molecule has 1 saturated carbocycles. The molecule has 0 aliphatic heterocycles. The van der Waals surface area contributed by atoms with Crippen LogP contribution >= 0.6 is 0 Å². The molecule has 1 aromatic carbocycles. The molecule has 0 amide bonds. The molecule has 0 heterocycles. The van der Waals surface area contributed by atoms with Crippen molar-refractivity contribution in [3.8, 4) is 6.07 Å². The normalized spacial score (nSPS) is 23.6. The maximum atomic E-state index is 11.4. The second kappa shape index (κ2) is 5.62. The highest BCUT2D eigenvalue weighted by atomic mass is 32.2. The summed E-state index contributed by atoms with van der Waals surface area (Å²) < 4.78 is 22.7. The highest BCUT2D eigenvalue weighted by Crippen LogP contribution is 2.27. The molecule has 0 spiro atoms. The van der Waals surface area contributed by atoms with Crippen LogP contribution in [0.15, 0.2) is 29.2 Å². The molecule has 2 unspecified atom stereocenters. The van der Waals surface area contributed by atoms with Crippen molar-refractivity contribution in [2.75, 3.05) is 11.6 Å². The third kappa shape index (κ3) is 3.48. The number of nitriles is 1. The van der Waals surface area contributed by atoms with Gasteiger partial charge in [-0.15, -0.1) is 0 Å². The van der Waals surface area contributed by atoms with Crippen molar-refractivity contribution >= 4 is 15.5 Å². The third-order valence-corrected chi connectivity index (χ3v) is 4.69. The first-order valence-corrected chi connectivity index (χ1v) is 8.36. The third-order valence-electron chi connectivity index (χ3n) is 3.57. The van der Waals surface area contributed by atoms with Crippen LogP contribution in [0.2, 0.25) is 0 Å². The summed E-state index contributed by atoms with van der Waals surface area (Å²) in [6, 6.07) is 9.25. The van der Waals surface area contributed by atoms with Crippen molar-refractivity contribution in [3.05, 3.63) is 24.3 Å². The van der Waals surface area contributed by atoms with Crippen LogP contribution in [-0.4, -0.2) is 20.7 Å². The van der Waals surface area contributed by atoms with E-state index in [4.69, 9.17) is 5.26 Å². The van der Waals surface area contributed by atoms with E-state index in [0.29, 0.717) is 4.90 Å². The molecular weight excluding hydrogens is 260 g/mol. The molecule has 1 N–H and O–H groups in total. The summed E-state index contributed by atoms with van der Waals surface area (Å²) in [6.45, 7) is 0. The molecule has 2 rings (SSSR count). The Labute approximate surface area is 114 Å². The maximum Gasteiger partial charge on any atom is 0.175 e. The fourth-order valence-electron chi connectivity index (χ4n) is 2.47. The van der Waals surface area contributed by atoms with Gasteiger partial charge in [-0.1, -0.05) is 12.8 Å². The maximum absolute atomic E-state index is 11.4. The van der Waals surface area contributed by atoms with Gasteiger partial charge in [0.15, 0.2) is 9.84 Å². The standard InChI is InChI=1S/C14H18N2O2S/c1-19(17,18)13-8-6-12(7-9-13)16-14-5-3-2-4-11(14)10-15/h6-9,11,14,16H,2-5H2,1H3. The Bertz CT molecular complexity index is 572. The van der Waals surface area contributed by atoms with E-state index in [1.807, 2.05) is 0 Å².